The van der Waals surface area contributed by atoms with Crippen LogP contribution in [0.15, 0.2) is 60.8 Å². The van der Waals surface area contributed by atoms with E-state index in [4.69, 9.17) is 28.4 Å². The Kier molecular flexibility index (Phi) is 49.6. The first-order valence-corrected chi connectivity index (χ1v) is 36.5. The summed E-state index contributed by atoms with van der Waals surface area (Å²) in [6, 6.07) is -0.982. The summed E-state index contributed by atoms with van der Waals surface area (Å²) in [5.41, 5.74) is 0. The Bertz CT molecular complexity index is 1900. The highest BCUT2D eigenvalue weighted by Gasteiger charge is 2.53. The molecule has 0 radical (unpaired) electrons. The summed E-state index contributed by atoms with van der Waals surface area (Å²) < 4.78 is 34.4. The number of carbonyl (C=O) groups is 1. The van der Waals surface area contributed by atoms with Crippen LogP contribution in [0, 0.1) is 0 Å². The average Bonchev–Trinajstić information content (AvgIpc) is 0.838. The second-order valence-corrected chi connectivity index (χ2v) is 26.0. The summed E-state index contributed by atoms with van der Waals surface area (Å²) in [5.74, 6) is -0.283. The van der Waals surface area contributed by atoms with Gasteiger partial charge in [-0.15, -0.1) is 0 Å². The summed E-state index contributed by atoms with van der Waals surface area (Å²) in [4.78, 5) is 13.4. The molecule has 3 rings (SSSR count). The lowest BCUT2D eigenvalue weighted by molar-refractivity contribution is -0.379. The maximum Gasteiger partial charge on any atom is 0.220 e. The van der Waals surface area contributed by atoms with E-state index in [2.05, 4.69) is 67.8 Å². The molecule has 0 aromatic rings. The van der Waals surface area contributed by atoms with Crippen LogP contribution in [0.25, 0.3) is 0 Å². The number of carbonyl (C=O) groups excluding carboxylic acids is 1. The van der Waals surface area contributed by atoms with Crippen molar-refractivity contribution in [2.75, 3.05) is 26.4 Å². The summed E-state index contributed by atoms with van der Waals surface area (Å²) in [6.07, 6.45) is 40.5. The van der Waals surface area contributed by atoms with Gasteiger partial charge in [0.25, 0.3) is 0 Å². The molecule has 1 amide bonds. The van der Waals surface area contributed by atoms with Crippen molar-refractivity contribution in [3.63, 3.8) is 0 Å². The van der Waals surface area contributed by atoms with Gasteiger partial charge in [-0.3, -0.25) is 4.79 Å². The van der Waals surface area contributed by atoms with Crippen molar-refractivity contribution in [3.8, 4) is 0 Å². The molecule has 17 unspecified atom stereocenters. The highest BCUT2D eigenvalue weighted by atomic mass is 16.8. The van der Waals surface area contributed by atoms with Crippen LogP contribution < -0.4 is 5.32 Å². The third-order valence-electron chi connectivity index (χ3n) is 18.1. The Morgan fingerprint density at radius 1 is 0.402 bits per heavy atom. The quantitative estimate of drug-likeness (QED) is 0.0199. The van der Waals surface area contributed by atoms with Crippen LogP contribution in [0.1, 0.15) is 264 Å². The molecule has 0 aromatic carbocycles. The fourth-order valence-corrected chi connectivity index (χ4v) is 12.2. The van der Waals surface area contributed by atoms with Crippen LogP contribution in [0.2, 0.25) is 0 Å². The lowest BCUT2D eigenvalue weighted by Crippen LogP contribution is -2.66. The molecule has 3 fully saturated rings. The number of ether oxygens (including phenoxy) is 6. The fraction of sp³-hybridized carbons (Fsp3) is 0.849. The molecule has 0 saturated carbocycles. The highest BCUT2D eigenvalue weighted by Crippen LogP contribution is 2.33. The molecule has 3 aliphatic heterocycles. The van der Waals surface area contributed by atoms with Gasteiger partial charge in [-0.05, 0) is 57.8 Å². The largest absolute Gasteiger partial charge is 0.394 e. The monoisotopic (exact) mass is 1310 g/mol. The van der Waals surface area contributed by atoms with Crippen LogP contribution in [0.4, 0.5) is 0 Å². The first-order chi connectivity index (χ1) is 44.8. The number of allylic oxidation sites excluding steroid dienone is 9. The molecule has 92 heavy (non-hydrogen) atoms. The minimum absolute atomic E-state index is 0.232. The molecular weight excluding hydrogens is 1180 g/mol. The number of rotatable bonds is 56. The highest BCUT2D eigenvalue weighted by molar-refractivity contribution is 5.76. The van der Waals surface area contributed by atoms with Crippen LogP contribution in [0.5, 0.6) is 0 Å². The molecule has 0 spiro atoms. The van der Waals surface area contributed by atoms with Crippen molar-refractivity contribution in [3.05, 3.63) is 60.8 Å². The maximum atomic E-state index is 13.4. The SMILES string of the molecule is CC/C=C\C/C=C\C/C=C\C/C=C\CCCCCCCCCCC(=O)NC(COC1OC(CO)C(OC2OC(CO)C(OC3OC(CO)C(O)C(O)C3O)C(O)C2O)C(O)C1O)C(O)/C=C/CCCCCCCCCCCCCCCCCCCCCCCCCC. The van der Waals surface area contributed by atoms with Gasteiger partial charge in [-0.1, -0.05) is 261 Å². The van der Waals surface area contributed by atoms with Gasteiger partial charge in [0.1, 0.15) is 73.2 Å². The van der Waals surface area contributed by atoms with Crippen molar-refractivity contribution in [1.82, 2.24) is 5.32 Å². The van der Waals surface area contributed by atoms with E-state index in [1.54, 1.807) is 6.08 Å². The Hall–Kier alpha value is -2.51. The number of aliphatic hydroxyl groups excluding tert-OH is 11. The van der Waals surface area contributed by atoms with Gasteiger partial charge in [0.2, 0.25) is 5.91 Å². The lowest BCUT2D eigenvalue weighted by Gasteiger charge is -2.48. The normalized spacial score (nSPS) is 28.0. The number of hydrogen-bond acceptors (Lipinski definition) is 18. The van der Waals surface area contributed by atoms with Gasteiger partial charge in [0.15, 0.2) is 18.9 Å². The van der Waals surface area contributed by atoms with E-state index >= 15 is 0 Å². The molecule has 3 heterocycles. The standard InChI is InChI=1S/C73H131NO18/c1-3-5-7-9-11-13-15-17-19-21-23-25-26-27-28-29-31-32-34-36-38-40-42-44-46-48-50-57(78)56(74-61(79)51-49-47-45-43-41-39-37-35-33-30-24-22-20-18-16-14-12-10-8-6-4-2)55-87-71-67(85)64(82)69(59(53-76)89-71)92-73-68(86)65(83)70(60(54-77)90-73)91-72-66(84)63(81)62(80)58(52-75)88-72/h6,8,12,14,18,20,24,30,48,50,56-60,62-73,75-78,80-86H,3-5,7,9-11,13,15-17,19,21-23,25-29,31-47,49,51-55H2,1-2H3,(H,74,79)/b8-6-,14-12-,20-18-,30-24-,50-48+. The summed E-state index contributed by atoms with van der Waals surface area (Å²) in [6.45, 7) is 1.64. The third-order valence-corrected chi connectivity index (χ3v) is 18.1. The Balaban J connectivity index is 1.43. The number of amides is 1. The minimum atomic E-state index is -1.98. The smallest absolute Gasteiger partial charge is 0.220 e. The Labute approximate surface area is 554 Å². The molecule has 0 bridgehead atoms. The van der Waals surface area contributed by atoms with E-state index in [9.17, 15) is 61.0 Å². The molecule has 19 nitrogen and oxygen atoms in total. The first-order valence-electron chi connectivity index (χ1n) is 36.5. The van der Waals surface area contributed by atoms with E-state index < -0.39 is 124 Å². The zero-order valence-corrected chi connectivity index (χ0v) is 56.8. The van der Waals surface area contributed by atoms with Crippen molar-refractivity contribution >= 4 is 5.91 Å². The van der Waals surface area contributed by atoms with Crippen LogP contribution in [-0.4, -0.2) is 193 Å². The zero-order valence-electron chi connectivity index (χ0n) is 56.8. The maximum absolute atomic E-state index is 13.4. The number of hydrogen-bond donors (Lipinski definition) is 12. The summed E-state index contributed by atoms with van der Waals surface area (Å²) in [5, 5.41) is 121. The summed E-state index contributed by atoms with van der Waals surface area (Å²) in [7, 11) is 0. The van der Waals surface area contributed by atoms with E-state index in [1.165, 1.54) is 154 Å². The fourth-order valence-electron chi connectivity index (χ4n) is 12.2. The summed E-state index contributed by atoms with van der Waals surface area (Å²) >= 11 is 0. The topological polar surface area (TPSA) is 307 Å². The molecule has 19 heteroatoms. The molecular formula is C73H131NO18. The second-order valence-electron chi connectivity index (χ2n) is 26.0. The van der Waals surface area contributed by atoms with Crippen molar-refractivity contribution in [2.45, 2.75) is 369 Å². The van der Waals surface area contributed by atoms with Crippen LogP contribution in [-0.2, 0) is 33.2 Å². The van der Waals surface area contributed by atoms with Gasteiger partial charge < -0.3 is 89.9 Å². The third kappa shape index (κ3) is 35.7. The Morgan fingerprint density at radius 2 is 0.750 bits per heavy atom. The van der Waals surface area contributed by atoms with Crippen molar-refractivity contribution in [2.24, 2.45) is 0 Å². The lowest BCUT2D eigenvalue weighted by atomic mass is 9.96. The predicted molar refractivity (Wildman–Crippen MR) is 360 cm³/mol. The molecule has 3 aliphatic rings. The van der Waals surface area contributed by atoms with Crippen molar-refractivity contribution < 1.29 is 89.4 Å². The minimum Gasteiger partial charge on any atom is -0.394 e. The Morgan fingerprint density at radius 3 is 1.17 bits per heavy atom. The predicted octanol–water partition coefficient (Wildman–Crippen LogP) is 10.3. The van der Waals surface area contributed by atoms with E-state index in [0.29, 0.717) is 6.42 Å². The van der Waals surface area contributed by atoms with E-state index in [1.807, 2.05) is 6.08 Å². The molecule has 536 valence electrons. The molecule has 12 N–H and O–H groups in total. The van der Waals surface area contributed by atoms with Gasteiger partial charge in [0, 0.05) is 6.42 Å². The van der Waals surface area contributed by atoms with Gasteiger partial charge >= 0.3 is 0 Å². The van der Waals surface area contributed by atoms with Gasteiger partial charge in [0.05, 0.1) is 38.6 Å². The molecule has 0 aliphatic carbocycles. The van der Waals surface area contributed by atoms with Crippen LogP contribution in [0.3, 0.4) is 0 Å². The number of aliphatic hydroxyl groups is 11. The number of unbranched alkanes of at least 4 members (excludes halogenated alkanes) is 32. The first kappa shape index (κ1) is 83.7. The van der Waals surface area contributed by atoms with Gasteiger partial charge in [-0.25, -0.2) is 0 Å². The average molecular weight is 1310 g/mol. The molecule has 0 aromatic heterocycles. The van der Waals surface area contributed by atoms with Crippen molar-refractivity contribution in [1.29, 1.82) is 0 Å². The zero-order chi connectivity index (χ0) is 66.8. The molecule has 3 saturated heterocycles. The second kappa shape index (κ2) is 54.5. The van der Waals surface area contributed by atoms with E-state index in [0.717, 1.165) is 83.5 Å². The van der Waals surface area contributed by atoms with Gasteiger partial charge in [-0.2, -0.15) is 0 Å². The van der Waals surface area contributed by atoms with Crippen LogP contribution >= 0.6 is 0 Å². The molecule has 17 atom stereocenters. The van der Waals surface area contributed by atoms with E-state index in [-0.39, 0.29) is 18.9 Å². The number of nitrogens with one attached hydrogen (secondary N) is 1.